The molecule has 1 saturated carbocycles. The minimum atomic E-state index is -3.81. The highest BCUT2D eigenvalue weighted by atomic mass is 32.2. The zero-order chi connectivity index (χ0) is 18.1. The van der Waals surface area contributed by atoms with Gasteiger partial charge in [-0.15, -0.1) is 0 Å². The molecule has 1 aromatic carbocycles. The molecule has 9 heteroatoms. The summed E-state index contributed by atoms with van der Waals surface area (Å²) in [6, 6.07) is 8.92. The zero-order valence-electron chi connectivity index (χ0n) is 13.1. The molecule has 1 heterocycles. The van der Waals surface area contributed by atoms with Crippen LogP contribution in [0.3, 0.4) is 0 Å². The first kappa shape index (κ1) is 17.2. The maximum atomic E-state index is 12.3. The van der Waals surface area contributed by atoms with Crippen LogP contribution in [0.1, 0.15) is 18.6 Å². The molecule has 0 atom stereocenters. The number of carboxylic acids is 1. The number of hydrogen-bond acceptors (Lipinski definition) is 5. The molecule has 0 aliphatic heterocycles. The largest absolute Gasteiger partial charge is 0.480 e. The molecule has 25 heavy (non-hydrogen) atoms. The lowest BCUT2D eigenvalue weighted by molar-refractivity contribution is -0.147. The monoisotopic (exact) mass is 364 g/mol. The molecule has 0 spiro atoms. The molecule has 2 aromatic rings. The van der Waals surface area contributed by atoms with Crippen molar-refractivity contribution in [3.63, 3.8) is 0 Å². The molecule has 1 amide bonds. The fourth-order valence-corrected chi connectivity index (χ4v) is 3.36. The van der Waals surface area contributed by atoms with Gasteiger partial charge in [-0.3, -0.25) is 9.59 Å². The Morgan fingerprint density at radius 2 is 1.96 bits per heavy atom. The summed E-state index contributed by atoms with van der Waals surface area (Å²) in [5.41, 5.74) is -1.18. The van der Waals surface area contributed by atoms with E-state index in [4.69, 9.17) is 9.52 Å². The van der Waals surface area contributed by atoms with E-state index in [1.54, 1.807) is 12.1 Å². The molecular formula is C16H16N2O6S. The van der Waals surface area contributed by atoms with E-state index in [1.807, 2.05) is 0 Å². The van der Waals surface area contributed by atoms with Gasteiger partial charge in [0.1, 0.15) is 11.2 Å². The van der Waals surface area contributed by atoms with Crippen molar-refractivity contribution in [1.82, 2.24) is 4.72 Å². The van der Waals surface area contributed by atoms with E-state index in [1.165, 1.54) is 30.5 Å². The van der Waals surface area contributed by atoms with Crippen LogP contribution in [0.4, 0.5) is 5.69 Å². The molecule has 3 rings (SSSR count). The van der Waals surface area contributed by atoms with Crippen molar-refractivity contribution in [3.05, 3.63) is 48.4 Å². The van der Waals surface area contributed by atoms with Gasteiger partial charge in [-0.1, -0.05) is 6.07 Å². The van der Waals surface area contributed by atoms with Crippen LogP contribution < -0.4 is 10.0 Å². The Labute approximate surface area is 143 Å². The van der Waals surface area contributed by atoms with E-state index < -0.39 is 27.3 Å². The van der Waals surface area contributed by atoms with Gasteiger partial charge in [0.25, 0.3) is 0 Å². The molecule has 1 aromatic heterocycles. The summed E-state index contributed by atoms with van der Waals surface area (Å²) in [7, 11) is -3.81. The maximum Gasteiger partial charge on any atom is 0.319 e. The number of amides is 1. The quantitative estimate of drug-likeness (QED) is 0.640. The molecule has 1 aliphatic carbocycles. The van der Waals surface area contributed by atoms with Crippen molar-refractivity contribution < 1.29 is 27.5 Å². The normalized spacial score (nSPS) is 15.5. The summed E-state index contributed by atoms with van der Waals surface area (Å²) < 4.78 is 32.1. The number of anilines is 1. The average Bonchev–Trinajstić information content (AvgIpc) is 3.24. The van der Waals surface area contributed by atoms with Gasteiger partial charge in [-0.25, -0.2) is 13.1 Å². The van der Waals surface area contributed by atoms with Gasteiger partial charge < -0.3 is 14.8 Å². The predicted octanol–water partition coefficient (Wildman–Crippen LogP) is 1.56. The first-order valence-electron chi connectivity index (χ1n) is 7.50. The number of carboxylic acid groups (broad SMARTS) is 1. The highest BCUT2D eigenvalue weighted by Crippen LogP contribution is 2.46. The van der Waals surface area contributed by atoms with E-state index in [0.29, 0.717) is 5.76 Å². The van der Waals surface area contributed by atoms with E-state index >= 15 is 0 Å². The van der Waals surface area contributed by atoms with Gasteiger partial charge >= 0.3 is 5.97 Å². The highest BCUT2D eigenvalue weighted by Gasteiger charge is 2.57. The third kappa shape index (κ3) is 3.57. The van der Waals surface area contributed by atoms with Crippen LogP contribution in [-0.2, 0) is 26.2 Å². The standard InChI is InChI=1S/C16H16N2O6S/c19-14(16(6-7-16)15(20)21)18-11-3-1-5-13(9-11)25(22,23)17-10-12-4-2-8-24-12/h1-5,8-9,17H,6-7,10H2,(H,18,19)(H,20,21). The minimum absolute atomic E-state index is 0.00591. The Hall–Kier alpha value is -2.65. The summed E-state index contributed by atoms with van der Waals surface area (Å²) >= 11 is 0. The first-order chi connectivity index (χ1) is 11.8. The Bertz CT molecular complexity index is 900. The number of furan rings is 1. The van der Waals surface area contributed by atoms with Gasteiger partial charge in [0.15, 0.2) is 0 Å². The van der Waals surface area contributed by atoms with Crippen molar-refractivity contribution in [2.24, 2.45) is 5.41 Å². The third-order valence-corrected chi connectivity index (χ3v) is 5.41. The summed E-state index contributed by atoms with van der Waals surface area (Å²) in [4.78, 5) is 23.2. The van der Waals surface area contributed by atoms with Gasteiger partial charge in [-0.2, -0.15) is 0 Å². The summed E-state index contributed by atoms with van der Waals surface area (Å²) in [6.07, 6.45) is 1.99. The predicted molar refractivity (Wildman–Crippen MR) is 87.1 cm³/mol. The van der Waals surface area contributed by atoms with Crippen LogP contribution in [0, 0.1) is 5.41 Å². The number of benzene rings is 1. The summed E-state index contributed by atoms with van der Waals surface area (Å²) in [5.74, 6) is -1.35. The first-order valence-corrected chi connectivity index (χ1v) is 8.99. The number of sulfonamides is 1. The SMILES string of the molecule is O=C(O)C1(C(=O)Nc2cccc(S(=O)(=O)NCc3ccco3)c2)CC1. The van der Waals surface area contributed by atoms with Gasteiger partial charge in [-0.05, 0) is 43.2 Å². The Kier molecular flexibility index (Phi) is 4.36. The van der Waals surface area contributed by atoms with Crippen molar-refractivity contribution in [1.29, 1.82) is 0 Å². The molecule has 132 valence electrons. The van der Waals surface area contributed by atoms with Crippen LogP contribution in [0.5, 0.6) is 0 Å². The fourth-order valence-electron chi connectivity index (χ4n) is 2.32. The van der Waals surface area contributed by atoms with Gasteiger partial charge in [0.2, 0.25) is 15.9 Å². The van der Waals surface area contributed by atoms with E-state index in [-0.39, 0.29) is 30.0 Å². The summed E-state index contributed by atoms with van der Waals surface area (Å²) in [5, 5.41) is 11.6. The lowest BCUT2D eigenvalue weighted by Gasteiger charge is -2.12. The second-order valence-corrected chi connectivity index (χ2v) is 7.54. The molecular weight excluding hydrogens is 348 g/mol. The van der Waals surface area contributed by atoms with Crippen LogP contribution in [0.15, 0.2) is 52.0 Å². The molecule has 1 aliphatic rings. The fraction of sp³-hybridized carbons (Fsp3) is 0.250. The number of nitrogens with one attached hydrogen (secondary N) is 2. The van der Waals surface area contributed by atoms with Crippen LogP contribution in [0.25, 0.3) is 0 Å². The van der Waals surface area contributed by atoms with Crippen LogP contribution in [-0.4, -0.2) is 25.4 Å². The average molecular weight is 364 g/mol. The number of rotatable bonds is 7. The summed E-state index contributed by atoms with van der Waals surface area (Å²) in [6.45, 7) is -0.00591. The van der Waals surface area contributed by atoms with Gasteiger partial charge in [0.05, 0.1) is 17.7 Å². The van der Waals surface area contributed by atoms with E-state index in [2.05, 4.69) is 10.0 Å². The smallest absolute Gasteiger partial charge is 0.319 e. The second kappa shape index (κ2) is 6.34. The number of hydrogen-bond donors (Lipinski definition) is 3. The van der Waals surface area contributed by atoms with Crippen molar-refractivity contribution in [2.75, 3.05) is 5.32 Å². The van der Waals surface area contributed by atoms with Crippen molar-refractivity contribution in [2.45, 2.75) is 24.3 Å². The molecule has 3 N–H and O–H groups in total. The molecule has 0 unspecified atom stereocenters. The molecule has 0 saturated heterocycles. The van der Waals surface area contributed by atoms with E-state index in [9.17, 15) is 18.0 Å². The third-order valence-electron chi connectivity index (χ3n) is 4.01. The maximum absolute atomic E-state index is 12.3. The molecule has 1 fully saturated rings. The second-order valence-electron chi connectivity index (χ2n) is 5.77. The highest BCUT2D eigenvalue weighted by molar-refractivity contribution is 7.89. The Morgan fingerprint density at radius 1 is 1.20 bits per heavy atom. The number of carbonyl (C=O) groups excluding carboxylic acids is 1. The topological polar surface area (TPSA) is 126 Å². The van der Waals surface area contributed by atoms with Crippen LogP contribution >= 0.6 is 0 Å². The van der Waals surface area contributed by atoms with Crippen LogP contribution in [0.2, 0.25) is 0 Å². The molecule has 8 nitrogen and oxygen atoms in total. The Morgan fingerprint density at radius 3 is 2.56 bits per heavy atom. The molecule has 0 bridgehead atoms. The van der Waals surface area contributed by atoms with E-state index in [0.717, 1.165) is 0 Å². The lowest BCUT2D eigenvalue weighted by Crippen LogP contribution is -2.31. The molecule has 0 radical (unpaired) electrons. The van der Waals surface area contributed by atoms with Crippen molar-refractivity contribution >= 4 is 27.6 Å². The lowest BCUT2D eigenvalue weighted by atomic mass is 10.1. The van der Waals surface area contributed by atoms with Crippen molar-refractivity contribution in [3.8, 4) is 0 Å². The Balaban J connectivity index is 1.72. The van der Waals surface area contributed by atoms with Gasteiger partial charge in [0, 0.05) is 5.69 Å². The zero-order valence-corrected chi connectivity index (χ0v) is 13.9. The number of carbonyl (C=O) groups is 2. The number of aliphatic carboxylic acids is 1. The minimum Gasteiger partial charge on any atom is -0.480 e.